The molecule has 128 valence electrons. The number of methoxy groups -OCH3 is 2. The summed E-state index contributed by atoms with van der Waals surface area (Å²) in [4.78, 5) is 23.5. The topological polar surface area (TPSA) is 71.1 Å². The molecule has 6 nitrogen and oxygen atoms in total. The van der Waals surface area contributed by atoms with E-state index in [1.165, 1.54) is 13.0 Å². The number of hydrogen-bond acceptors (Lipinski definition) is 6. The van der Waals surface area contributed by atoms with Crippen molar-refractivity contribution in [3.05, 3.63) is 53.3 Å². The fourth-order valence-corrected chi connectivity index (χ4v) is 2.46. The second-order valence-corrected chi connectivity index (χ2v) is 5.34. The number of carbonyl (C=O) groups is 2. The Balaban J connectivity index is 1.93. The van der Waals surface area contributed by atoms with Crippen molar-refractivity contribution in [1.29, 1.82) is 0 Å². The van der Waals surface area contributed by atoms with E-state index >= 15 is 0 Å². The number of esters is 1. The van der Waals surface area contributed by atoms with Crippen LogP contribution in [-0.2, 0) is 4.79 Å². The maximum atomic E-state index is 12.5. The van der Waals surface area contributed by atoms with Gasteiger partial charge in [-0.3, -0.25) is 9.59 Å². The first kappa shape index (κ1) is 16.6. The quantitative estimate of drug-likeness (QED) is 0.483. The van der Waals surface area contributed by atoms with Crippen LogP contribution in [0.25, 0.3) is 6.08 Å². The lowest BCUT2D eigenvalue weighted by molar-refractivity contribution is -0.131. The molecule has 1 aliphatic heterocycles. The predicted octanol–water partition coefficient (Wildman–Crippen LogP) is 3.25. The number of rotatable bonds is 4. The van der Waals surface area contributed by atoms with E-state index in [0.29, 0.717) is 34.1 Å². The van der Waals surface area contributed by atoms with Gasteiger partial charge in [0, 0.05) is 19.1 Å². The molecule has 2 aromatic carbocycles. The summed E-state index contributed by atoms with van der Waals surface area (Å²) in [7, 11) is 3.10. The van der Waals surface area contributed by atoms with Crippen molar-refractivity contribution in [3.8, 4) is 23.0 Å². The SMILES string of the molecule is COc1cc(/C=C2\Oc3cc(OC(C)=O)ccc3C2=O)cc(OC)c1. The highest BCUT2D eigenvalue weighted by Crippen LogP contribution is 2.35. The molecule has 25 heavy (non-hydrogen) atoms. The summed E-state index contributed by atoms with van der Waals surface area (Å²) in [6.07, 6.45) is 1.61. The van der Waals surface area contributed by atoms with Crippen LogP contribution in [0.2, 0.25) is 0 Å². The summed E-state index contributed by atoms with van der Waals surface area (Å²) in [5, 5.41) is 0. The standard InChI is InChI=1S/C19H16O6/c1-11(20)24-13-4-5-16-17(10-13)25-18(19(16)21)8-12-6-14(22-2)9-15(7-12)23-3/h4-10H,1-3H3/b18-8-. The lowest BCUT2D eigenvalue weighted by atomic mass is 10.1. The third-order valence-corrected chi connectivity index (χ3v) is 3.57. The molecule has 1 heterocycles. The number of ketones is 1. The predicted molar refractivity (Wildman–Crippen MR) is 90.2 cm³/mol. The fraction of sp³-hybridized carbons (Fsp3) is 0.158. The third kappa shape index (κ3) is 3.47. The Kier molecular flexibility index (Phi) is 4.43. The molecule has 0 amide bonds. The average molecular weight is 340 g/mol. The number of ether oxygens (including phenoxy) is 4. The van der Waals surface area contributed by atoms with Crippen molar-refractivity contribution < 1.29 is 28.5 Å². The smallest absolute Gasteiger partial charge is 0.308 e. The van der Waals surface area contributed by atoms with E-state index in [9.17, 15) is 9.59 Å². The maximum Gasteiger partial charge on any atom is 0.308 e. The summed E-state index contributed by atoms with van der Waals surface area (Å²) < 4.78 is 21.1. The molecule has 0 fully saturated rings. The highest BCUT2D eigenvalue weighted by Gasteiger charge is 2.28. The number of carbonyl (C=O) groups excluding carboxylic acids is 2. The van der Waals surface area contributed by atoms with Crippen LogP contribution in [0.1, 0.15) is 22.8 Å². The highest BCUT2D eigenvalue weighted by molar-refractivity contribution is 6.14. The van der Waals surface area contributed by atoms with E-state index < -0.39 is 5.97 Å². The summed E-state index contributed by atoms with van der Waals surface area (Å²) in [6, 6.07) is 9.90. The zero-order valence-corrected chi connectivity index (χ0v) is 14.0. The Labute approximate surface area is 144 Å². The van der Waals surface area contributed by atoms with Gasteiger partial charge in [0.1, 0.15) is 23.0 Å². The minimum atomic E-state index is -0.441. The van der Waals surface area contributed by atoms with Crippen LogP contribution < -0.4 is 18.9 Å². The first-order valence-electron chi connectivity index (χ1n) is 7.50. The van der Waals surface area contributed by atoms with Gasteiger partial charge in [-0.2, -0.15) is 0 Å². The van der Waals surface area contributed by atoms with Crippen molar-refractivity contribution in [2.75, 3.05) is 14.2 Å². The second kappa shape index (κ2) is 6.68. The Morgan fingerprint density at radius 3 is 2.28 bits per heavy atom. The lowest BCUT2D eigenvalue weighted by Crippen LogP contribution is -2.01. The molecule has 0 radical (unpaired) electrons. The van der Waals surface area contributed by atoms with Gasteiger partial charge in [0.25, 0.3) is 0 Å². The van der Waals surface area contributed by atoms with E-state index in [2.05, 4.69) is 0 Å². The van der Waals surface area contributed by atoms with Crippen molar-refractivity contribution in [1.82, 2.24) is 0 Å². The van der Waals surface area contributed by atoms with Gasteiger partial charge in [0.2, 0.25) is 5.78 Å². The minimum absolute atomic E-state index is 0.172. The molecular weight excluding hydrogens is 324 g/mol. The van der Waals surface area contributed by atoms with Crippen LogP contribution in [-0.4, -0.2) is 26.0 Å². The van der Waals surface area contributed by atoms with Crippen LogP contribution in [0.15, 0.2) is 42.2 Å². The first-order valence-corrected chi connectivity index (χ1v) is 7.50. The monoisotopic (exact) mass is 340 g/mol. The molecular formula is C19H16O6. The Morgan fingerprint density at radius 2 is 1.68 bits per heavy atom. The van der Waals surface area contributed by atoms with Crippen LogP contribution in [0, 0.1) is 0 Å². The maximum absolute atomic E-state index is 12.5. The average Bonchev–Trinajstić information content (AvgIpc) is 2.89. The third-order valence-electron chi connectivity index (χ3n) is 3.57. The fourth-order valence-electron chi connectivity index (χ4n) is 2.46. The molecule has 0 bridgehead atoms. The molecule has 6 heteroatoms. The zero-order valence-electron chi connectivity index (χ0n) is 14.0. The Morgan fingerprint density at radius 1 is 1.00 bits per heavy atom. The minimum Gasteiger partial charge on any atom is -0.497 e. The molecule has 2 aromatic rings. The van der Waals surface area contributed by atoms with Crippen molar-refractivity contribution in [3.63, 3.8) is 0 Å². The molecule has 0 spiro atoms. The molecule has 0 saturated heterocycles. The van der Waals surface area contributed by atoms with E-state index in [-0.39, 0.29) is 11.5 Å². The Hall–Kier alpha value is -3.28. The number of hydrogen-bond donors (Lipinski definition) is 0. The summed E-state index contributed by atoms with van der Waals surface area (Å²) in [5.41, 5.74) is 1.12. The summed E-state index contributed by atoms with van der Waals surface area (Å²) in [6.45, 7) is 1.31. The van der Waals surface area contributed by atoms with Crippen LogP contribution in [0.4, 0.5) is 0 Å². The van der Waals surface area contributed by atoms with E-state index in [1.807, 2.05) is 0 Å². The van der Waals surface area contributed by atoms with Gasteiger partial charge >= 0.3 is 5.97 Å². The number of Topliss-reactive ketones (excluding diaryl/α,β-unsaturated/α-hetero) is 1. The van der Waals surface area contributed by atoms with Gasteiger partial charge in [0.05, 0.1) is 19.8 Å². The normalized spacial score (nSPS) is 14.0. The number of benzene rings is 2. The first-order chi connectivity index (χ1) is 12.0. The molecule has 0 atom stereocenters. The summed E-state index contributed by atoms with van der Waals surface area (Å²) >= 11 is 0. The lowest BCUT2D eigenvalue weighted by Gasteiger charge is -2.06. The van der Waals surface area contributed by atoms with E-state index in [0.717, 1.165) is 0 Å². The second-order valence-electron chi connectivity index (χ2n) is 5.34. The largest absolute Gasteiger partial charge is 0.497 e. The molecule has 0 saturated carbocycles. The zero-order chi connectivity index (χ0) is 18.0. The van der Waals surface area contributed by atoms with Gasteiger partial charge in [-0.1, -0.05) is 0 Å². The molecule has 0 unspecified atom stereocenters. The van der Waals surface area contributed by atoms with Gasteiger partial charge in [-0.25, -0.2) is 0 Å². The van der Waals surface area contributed by atoms with Gasteiger partial charge in [-0.05, 0) is 35.9 Å². The summed E-state index contributed by atoms with van der Waals surface area (Å²) in [5.74, 6) is 1.37. The molecule has 1 aliphatic rings. The highest BCUT2D eigenvalue weighted by atomic mass is 16.5. The molecule has 0 N–H and O–H groups in total. The van der Waals surface area contributed by atoms with Gasteiger partial charge < -0.3 is 18.9 Å². The van der Waals surface area contributed by atoms with Crippen LogP contribution in [0.3, 0.4) is 0 Å². The van der Waals surface area contributed by atoms with Crippen molar-refractivity contribution in [2.24, 2.45) is 0 Å². The van der Waals surface area contributed by atoms with E-state index in [1.54, 1.807) is 50.6 Å². The van der Waals surface area contributed by atoms with Crippen LogP contribution >= 0.6 is 0 Å². The van der Waals surface area contributed by atoms with E-state index in [4.69, 9.17) is 18.9 Å². The Bertz CT molecular complexity index is 859. The van der Waals surface area contributed by atoms with Gasteiger partial charge in [-0.15, -0.1) is 0 Å². The van der Waals surface area contributed by atoms with Crippen molar-refractivity contribution >= 4 is 17.8 Å². The van der Waals surface area contributed by atoms with Crippen molar-refractivity contribution in [2.45, 2.75) is 6.92 Å². The molecule has 0 aliphatic carbocycles. The van der Waals surface area contributed by atoms with Gasteiger partial charge in [0.15, 0.2) is 5.76 Å². The number of fused-ring (bicyclic) bond motifs is 1. The molecule has 0 aromatic heterocycles. The van der Waals surface area contributed by atoms with Crippen LogP contribution in [0.5, 0.6) is 23.0 Å². The number of allylic oxidation sites excluding steroid dienone is 1. The molecule has 3 rings (SSSR count).